The molecule has 0 unspecified atom stereocenters. The highest BCUT2D eigenvalue weighted by Crippen LogP contribution is 2.19. The molecule has 0 radical (unpaired) electrons. The molecule has 1 heterocycles. The third-order valence-corrected chi connectivity index (χ3v) is 3.28. The number of rotatable bonds is 5. The molecular formula is C16H22N2O3. The van der Waals surface area contributed by atoms with Crippen LogP contribution in [0.2, 0.25) is 0 Å². The van der Waals surface area contributed by atoms with Gasteiger partial charge in [0.15, 0.2) is 0 Å². The van der Waals surface area contributed by atoms with Crippen LogP contribution < -0.4 is 10.6 Å². The zero-order valence-corrected chi connectivity index (χ0v) is 12.7. The van der Waals surface area contributed by atoms with Gasteiger partial charge in [0.1, 0.15) is 12.1 Å². The molecule has 21 heavy (non-hydrogen) atoms. The Labute approximate surface area is 125 Å². The molecule has 0 aromatic heterocycles. The number of hydrogen-bond donors (Lipinski definition) is 2. The molecule has 5 heteroatoms. The largest absolute Gasteiger partial charge is 0.461 e. The Morgan fingerprint density at radius 2 is 2.00 bits per heavy atom. The molecule has 1 fully saturated rings. The molecule has 5 nitrogen and oxygen atoms in total. The van der Waals surface area contributed by atoms with E-state index in [0.29, 0.717) is 12.8 Å². The molecule has 2 atom stereocenters. The monoisotopic (exact) mass is 290 g/mol. The van der Waals surface area contributed by atoms with Crippen molar-refractivity contribution in [1.82, 2.24) is 5.32 Å². The Bertz CT molecular complexity index is 511. The van der Waals surface area contributed by atoms with E-state index in [1.54, 1.807) is 0 Å². The van der Waals surface area contributed by atoms with E-state index in [9.17, 15) is 9.59 Å². The number of carbonyl (C=O) groups excluding carboxylic acids is 2. The van der Waals surface area contributed by atoms with Gasteiger partial charge in [0.05, 0.1) is 6.42 Å². The first-order valence-electron chi connectivity index (χ1n) is 7.29. The Kier molecular flexibility index (Phi) is 4.83. The summed E-state index contributed by atoms with van der Waals surface area (Å²) in [7, 11) is 0. The summed E-state index contributed by atoms with van der Waals surface area (Å²) in [5, 5.41) is 6.02. The van der Waals surface area contributed by atoms with Crippen LogP contribution in [-0.4, -0.2) is 30.1 Å². The van der Waals surface area contributed by atoms with Gasteiger partial charge in [-0.1, -0.05) is 12.1 Å². The van der Waals surface area contributed by atoms with Crippen LogP contribution in [0.1, 0.15) is 32.8 Å². The summed E-state index contributed by atoms with van der Waals surface area (Å²) in [6, 6.07) is 7.42. The van der Waals surface area contributed by atoms with Gasteiger partial charge in [0.25, 0.3) is 0 Å². The van der Waals surface area contributed by atoms with Gasteiger partial charge in [-0.2, -0.15) is 0 Å². The van der Waals surface area contributed by atoms with E-state index >= 15 is 0 Å². The third-order valence-electron chi connectivity index (χ3n) is 3.28. The molecule has 0 saturated carbocycles. The maximum atomic E-state index is 11.7. The van der Waals surface area contributed by atoms with Crippen molar-refractivity contribution in [2.45, 2.75) is 51.8 Å². The highest BCUT2D eigenvalue weighted by Gasteiger charge is 2.31. The molecule has 1 aliphatic heterocycles. The highest BCUT2D eigenvalue weighted by molar-refractivity contribution is 5.81. The molecule has 0 bridgehead atoms. The summed E-state index contributed by atoms with van der Waals surface area (Å²) in [5.74, 6) is -0.193. The lowest BCUT2D eigenvalue weighted by Crippen LogP contribution is -2.31. The summed E-state index contributed by atoms with van der Waals surface area (Å²) in [6.45, 7) is 5.76. The summed E-state index contributed by atoms with van der Waals surface area (Å²) in [6.07, 6.45) is 1.01. The first-order chi connectivity index (χ1) is 9.94. The fraction of sp³-hybridized carbons (Fsp3) is 0.500. The zero-order chi connectivity index (χ0) is 15.4. The number of carbonyl (C=O) groups is 2. The quantitative estimate of drug-likeness (QED) is 0.812. The number of esters is 1. The SMILES string of the molecule is CC(C)NC(=O)Cc1ccc(N[C@@H]2C[C@H](C)OC2=O)cc1. The first-order valence-corrected chi connectivity index (χ1v) is 7.29. The molecule has 2 rings (SSSR count). The topological polar surface area (TPSA) is 67.4 Å². The van der Waals surface area contributed by atoms with Crippen molar-refractivity contribution < 1.29 is 14.3 Å². The van der Waals surface area contributed by atoms with Crippen molar-refractivity contribution in [3.8, 4) is 0 Å². The van der Waals surface area contributed by atoms with Crippen LogP contribution in [-0.2, 0) is 20.7 Å². The molecule has 0 aliphatic carbocycles. The molecule has 1 aromatic carbocycles. The second kappa shape index (κ2) is 6.61. The Balaban J connectivity index is 1.90. The molecule has 1 aliphatic rings. The summed E-state index contributed by atoms with van der Waals surface area (Å²) >= 11 is 0. The number of anilines is 1. The normalized spacial score (nSPS) is 21.2. The lowest BCUT2D eigenvalue weighted by Gasteiger charge is -2.11. The van der Waals surface area contributed by atoms with Gasteiger partial charge in [-0.15, -0.1) is 0 Å². The molecule has 0 spiro atoms. The molecule has 114 valence electrons. The Morgan fingerprint density at radius 1 is 1.33 bits per heavy atom. The number of ether oxygens (including phenoxy) is 1. The predicted molar refractivity (Wildman–Crippen MR) is 81.0 cm³/mol. The van der Waals surface area contributed by atoms with E-state index < -0.39 is 0 Å². The molecular weight excluding hydrogens is 268 g/mol. The average molecular weight is 290 g/mol. The smallest absolute Gasteiger partial charge is 0.328 e. The van der Waals surface area contributed by atoms with Gasteiger partial charge in [0.2, 0.25) is 5.91 Å². The van der Waals surface area contributed by atoms with Gasteiger partial charge in [0, 0.05) is 18.2 Å². The van der Waals surface area contributed by atoms with Crippen LogP contribution >= 0.6 is 0 Å². The summed E-state index contributed by atoms with van der Waals surface area (Å²) in [4.78, 5) is 23.2. The van der Waals surface area contributed by atoms with E-state index in [-0.39, 0.29) is 30.1 Å². The minimum atomic E-state index is -0.282. The predicted octanol–water partition coefficient (Wildman–Crippen LogP) is 1.87. The molecule has 1 amide bonds. The number of cyclic esters (lactones) is 1. The van der Waals surface area contributed by atoms with Crippen molar-refractivity contribution in [3.05, 3.63) is 29.8 Å². The van der Waals surface area contributed by atoms with E-state index in [2.05, 4.69) is 10.6 Å². The van der Waals surface area contributed by atoms with Crippen LogP contribution in [0.4, 0.5) is 5.69 Å². The molecule has 2 N–H and O–H groups in total. The standard InChI is InChI=1S/C16H22N2O3/c1-10(2)17-15(19)9-12-4-6-13(7-5-12)18-14-8-11(3)21-16(14)20/h4-7,10-11,14,18H,8-9H2,1-3H3,(H,17,19)/t11-,14+/m0/s1. The lowest BCUT2D eigenvalue weighted by atomic mass is 10.1. The lowest BCUT2D eigenvalue weighted by molar-refractivity contribution is -0.141. The highest BCUT2D eigenvalue weighted by atomic mass is 16.6. The van der Waals surface area contributed by atoms with Gasteiger partial charge in [-0.25, -0.2) is 4.79 Å². The second-order valence-electron chi connectivity index (χ2n) is 5.78. The number of amides is 1. The number of hydrogen-bond acceptors (Lipinski definition) is 4. The third kappa shape index (κ3) is 4.48. The van der Waals surface area contributed by atoms with E-state index in [0.717, 1.165) is 11.3 Å². The van der Waals surface area contributed by atoms with E-state index in [1.807, 2.05) is 45.0 Å². The van der Waals surface area contributed by atoms with Gasteiger partial charge >= 0.3 is 5.97 Å². The van der Waals surface area contributed by atoms with Crippen LogP contribution in [0.3, 0.4) is 0 Å². The fourth-order valence-electron chi connectivity index (χ4n) is 2.35. The maximum absolute atomic E-state index is 11.7. The number of nitrogens with one attached hydrogen (secondary N) is 2. The minimum absolute atomic E-state index is 0.0129. The van der Waals surface area contributed by atoms with Crippen LogP contribution in [0.25, 0.3) is 0 Å². The van der Waals surface area contributed by atoms with Crippen molar-refractivity contribution in [2.24, 2.45) is 0 Å². The van der Waals surface area contributed by atoms with Crippen molar-refractivity contribution >= 4 is 17.6 Å². The summed E-state index contributed by atoms with van der Waals surface area (Å²) < 4.78 is 5.10. The number of benzene rings is 1. The van der Waals surface area contributed by atoms with Gasteiger partial charge in [-0.05, 0) is 38.5 Å². The van der Waals surface area contributed by atoms with Crippen molar-refractivity contribution in [3.63, 3.8) is 0 Å². The van der Waals surface area contributed by atoms with Crippen molar-refractivity contribution in [2.75, 3.05) is 5.32 Å². The Morgan fingerprint density at radius 3 is 2.52 bits per heavy atom. The second-order valence-corrected chi connectivity index (χ2v) is 5.78. The zero-order valence-electron chi connectivity index (χ0n) is 12.7. The van der Waals surface area contributed by atoms with Crippen molar-refractivity contribution in [1.29, 1.82) is 0 Å². The van der Waals surface area contributed by atoms with E-state index in [1.165, 1.54) is 0 Å². The van der Waals surface area contributed by atoms with Gasteiger partial charge < -0.3 is 15.4 Å². The average Bonchev–Trinajstić information content (AvgIpc) is 2.69. The van der Waals surface area contributed by atoms with E-state index in [4.69, 9.17) is 4.74 Å². The first kappa shape index (κ1) is 15.4. The minimum Gasteiger partial charge on any atom is -0.461 e. The van der Waals surface area contributed by atoms with Crippen LogP contribution in [0.5, 0.6) is 0 Å². The Hall–Kier alpha value is -2.04. The maximum Gasteiger partial charge on any atom is 0.328 e. The summed E-state index contributed by atoms with van der Waals surface area (Å²) in [5.41, 5.74) is 1.81. The van der Waals surface area contributed by atoms with Crippen LogP contribution in [0.15, 0.2) is 24.3 Å². The van der Waals surface area contributed by atoms with Crippen LogP contribution in [0, 0.1) is 0 Å². The van der Waals surface area contributed by atoms with Gasteiger partial charge in [-0.3, -0.25) is 4.79 Å². The molecule has 1 aromatic rings. The fourth-order valence-corrected chi connectivity index (χ4v) is 2.35. The molecule has 1 saturated heterocycles.